The minimum absolute atomic E-state index is 0.00618. The summed E-state index contributed by atoms with van der Waals surface area (Å²) in [6.07, 6.45) is 3.37. The van der Waals surface area contributed by atoms with E-state index < -0.39 is 41.1 Å². The number of benzene rings is 1. The standard InChI is InChI=1S/C34H48O7/c1-19-10-13-34(39-18-19)20(2)29-26(41-34)15-24-22-14-28(36)33(38)16-25(35)27(40-30(37)21-8-6-5-7-9-21)17-32(33,4)23(22)11-12-31(24,29)3/h5-9,19-20,22-29,35-36,38H,10-18H2,1-4H3/t19-,20+,22-,23+,24-,25-,26+,27-,28-,29-,31+,32-,33+,34+/m1/s1. The van der Waals surface area contributed by atoms with Gasteiger partial charge in [-0.15, -0.1) is 0 Å². The summed E-state index contributed by atoms with van der Waals surface area (Å²) in [5.41, 5.74) is -1.58. The van der Waals surface area contributed by atoms with Crippen molar-refractivity contribution in [3.05, 3.63) is 35.9 Å². The van der Waals surface area contributed by atoms with Crippen molar-refractivity contribution in [1.29, 1.82) is 0 Å². The molecule has 2 aliphatic heterocycles. The maximum absolute atomic E-state index is 13.0. The second kappa shape index (κ2) is 9.49. The molecule has 0 unspecified atom stereocenters. The molecule has 7 rings (SSSR count). The molecular weight excluding hydrogens is 520 g/mol. The number of rotatable bonds is 2. The fourth-order valence-electron chi connectivity index (χ4n) is 11.2. The van der Waals surface area contributed by atoms with Crippen molar-refractivity contribution in [3.8, 4) is 0 Å². The van der Waals surface area contributed by atoms with E-state index in [-0.39, 0.29) is 29.8 Å². The molecule has 1 aromatic carbocycles. The molecule has 7 nitrogen and oxygen atoms in total. The number of hydrogen-bond acceptors (Lipinski definition) is 7. The molecule has 0 aromatic heterocycles. The van der Waals surface area contributed by atoms with Gasteiger partial charge in [0.25, 0.3) is 0 Å². The van der Waals surface area contributed by atoms with Gasteiger partial charge in [0.2, 0.25) is 0 Å². The van der Waals surface area contributed by atoms with Crippen molar-refractivity contribution < 1.29 is 34.3 Å². The molecule has 1 spiro atoms. The highest BCUT2D eigenvalue weighted by atomic mass is 16.7. The fourth-order valence-corrected chi connectivity index (χ4v) is 11.2. The molecule has 14 atom stereocenters. The summed E-state index contributed by atoms with van der Waals surface area (Å²) in [5, 5.41) is 34.8. The third kappa shape index (κ3) is 3.91. The summed E-state index contributed by atoms with van der Waals surface area (Å²) in [5.74, 6) is 1.17. The van der Waals surface area contributed by atoms with Crippen LogP contribution in [0.25, 0.3) is 0 Å². The normalized spacial score (nSPS) is 54.1. The molecule has 41 heavy (non-hydrogen) atoms. The summed E-state index contributed by atoms with van der Waals surface area (Å²) < 4.78 is 19.2. The molecule has 4 aliphatic carbocycles. The lowest BCUT2D eigenvalue weighted by molar-refractivity contribution is -0.286. The highest BCUT2D eigenvalue weighted by Crippen LogP contribution is 2.72. The SMILES string of the molecule is C[C@@H]1CC[C@]2(OC1)O[C@H]1C[C@@H]3[C@@H]4C[C@@H](O)[C@@]5(O)C[C@@H](O)[C@H](OC(=O)c6ccccc6)C[C@]5(C)[C@H]4CC[C@]3(C)[C@@H]1[C@@H]2C. The predicted molar refractivity (Wildman–Crippen MR) is 152 cm³/mol. The van der Waals surface area contributed by atoms with Gasteiger partial charge in [0.1, 0.15) is 6.10 Å². The van der Waals surface area contributed by atoms with E-state index in [1.165, 1.54) is 0 Å². The number of hydrogen-bond donors (Lipinski definition) is 3. The first-order chi connectivity index (χ1) is 19.4. The van der Waals surface area contributed by atoms with Crippen molar-refractivity contribution in [1.82, 2.24) is 0 Å². The van der Waals surface area contributed by atoms with Crippen LogP contribution in [0.2, 0.25) is 0 Å². The summed E-state index contributed by atoms with van der Waals surface area (Å²) in [6, 6.07) is 8.85. The highest BCUT2D eigenvalue weighted by Gasteiger charge is 2.72. The maximum Gasteiger partial charge on any atom is 0.338 e. The van der Waals surface area contributed by atoms with Gasteiger partial charge >= 0.3 is 5.97 Å². The number of ether oxygens (including phenoxy) is 3. The van der Waals surface area contributed by atoms with E-state index >= 15 is 0 Å². The molecule has 7 heteroatoms. The Morgan fingerprint density at radius 2 is 1.76 bits per heavy atom. The van der Waals surface area contributed by atoms with Crippen LogP contribution >= 0.6 is 0 Å². The van der Waals surface area contributed by atoms with Crippen LogP contribution in [0, 0.1) is 46.3 Å². The van der Waals surface area contributed by atoms with Gasteiger partial charge in [0.15, 0.2) is 5.79 Å². The number of carbonyl (C=O) groups excluding carboxylic acids is 1. The van der Waals surface area contributed by atoms with Gasteiger partial charge in [-0.3, -0.25) is 0 Å². The largest absolute Gasteiger partial charge is 0.456 e. The van der Waals surface area contributed by atoms with Crippen LogP contribution in [0.1, 0.15) is 89.4 Å². The van der Waals surface area contributed by atoms with Gasteiger partial charge in [-0.1, -0.05) is 45.9 Å². The van der Waals surface area contributed by atoms with Crippen molar-refractivity contribution >= 4 is 5.97 Å². The Balaban J connectivity index is 1.15. The van der Waals surface area contributed by atoms with E-state index in [0.717, 1.165) is 38.7 Å². The van der Waals surface area contributed by atoms with E-state index in [4.69, 9.17) is 14.2 Å². The second-order valence-corrected chi connectivity index (χ2v) is 15.3. The molecule has 3 N–H and O–H groups in total. The second-order valence-electron chi connectivity index (χ2n) is 15.3. The van der Waals surface area contributed by atoms with Crippen LogP contribution in [0.15, 0.2) is 30.3 Å². The molecule has 226 valence electrons. The van der Waals surface area contributed by atoms with E-state index in [0.29, 0.717) is 42.1 Å². The number of carbonyl (C=O) groups is 1. The van der Waals surface area contributed by atoms with Gasteiger partial charge in [-0.05, 0) is 85.7 Å². The van der Waals surface area contributed by atoms with Crippen LogP contribution in [-0.2, 0) is 14.2 Å². The Hall–Kier alpha value is -1.51. The zero-order valence-electron chi connectivity index (χ0n) is 25.0. The Kier molecular flexibility index (Phi) is 6.55. The minimum Gasteiger partial charge on any atom is -0.456 e. The minimum atomic E-state index is -1.42. The maximum atomic E-state index is 13.0. The Labute approximate surface area is 243 Å². The van der Waals surface area contributed by atoms with Crippen LogP contribution in [0.5, 0.6) is 0 Å². The number of esters is 1. The van der Waals surface area contributed by atoms with Gasteiger partial charge in [-0.25, -0.2) is 4.79 Å². The van der Waals surface area contributed by atoms with Crippen molar-refractivity contribution in [2.75, 3.05) is 6.61 Å². The van der Waals surface area contributed by atoms with Crippen LogP contribution < -0.4 is 0 Å². The molecule has 6 fully saturated rings. The molecule has 2 heterocycles. The molecule has 4 saturated carbocycles. The van der Waals surface area contributed by atoms with Crippen molar-refractivity contribution in [2.45, 2.75) is 115 Å². The van der Waals surface area contributed by atoms with E-state index in [1.54, 1.807) is 24.3 Å². The van der Waals surface area contributed by atoms with Gasteiger partial charge < -0.3 is 29.5 Å². The van der Waals surface area contributed by atoms with Crippen LogP contribution in [0.3, 0.4) is 0 Å². The summed E-state index contributed by atoms with van der Waals surface area (Å²) in [4.78, 5) is 13.0. The van der Waals surface area contributed by atoms with Gasteiger partial charge in [0, 0.05) is 24.2 Å². The highest BCUT2D eigenvalue weighted by molar-refractivity contribution is 5.89. The lowest BCUT2D eigenvalue weighted by atomic mass is 9.42. The lowest BCUT2D eigenvalue weighted by Crippen LogP contribution is -2.71. The molecule has 2 saturated heterocycles. The topological polar surface area (TPSA) is 105 Å². The first kappa shape index (κ1) is 28.3. The number of aliphatic hydroxyl groups is 3. The number of aliphatic hydroxyl groups excluding tert-OH is 2. The van der Waals surface area contributed by atoms with Gasteiger partial charge in [-0.2, -0.15) is 0 Å². The summed E-state index contributed by atoms with van der Waals surface area (Å²) >= 11 is 0. The third-order valence-electron chi connectivity index (χ3n) is 13.4. The summed E-state index contributed by atoms with van der Waals surface area (Å²) in [7, 11) is 0. The molecule has 6 aliphatic rings. The van der Waals surface area contributed by atoms with Gasteiger partial charge in [0.05, 0.1) is 36.1 Å². The predicted octanol–water partition coefficient (Wildman–Crippen LogP) is 4.72. The zero-order chi connectivity index (χ0) is 28.9. The molecule has 0 bridgehead atoms. The Morgan fingerprint density at radius 3 is 2.46 bits per heavy atom. The Bertz CT molecular complexity index is 1160. The zero-order valence-corrected chi connectivity index (χ0v) is 25.0. The molecule has 0 amide bonds. The Morgan fingerprint density at radius 1 is 1.00 bits per heavy atom. The average molecular weight is 569 g/mol. The molecule has 0 radical (unpaired) electrons. The first-order valence-electron chi connectivity index (χ1n) is 16.1. The van der Waals surface area contributed by atoms with E-state index in [1.807, 2.05) is 6.07 Å². The van der Waals surface area contributed by atoms with E-state index in [2.05, 4.69) is 27.7 Å². The van der Waals surface area contributed by atoms with Crippen LogP contribution in [0.4, 0.5) is 0 Å². The quantitative estimate of drug-likeness (QED) is 0.444. The molecule has 1 aromatic rings. The summed E-state index contributed by atoms with van der Waals surface area (Å²) in [6.45, 7) is 9.88. The van der Waals surface area contributed by atoms with Crippen LogP contribution in [-0.4, -0.2) is 63.7 Å². The molecular formula is C34H48O7. The first-order valence-corrected chi connectivity index (χ1v) is 16.1. The monoisotopic (exact) mass is 568 g/mol. The van der Waals surface area contributed by atoms with E-state index in [9.17, 15) is 20.1 Å². The number of fused-ring (bicyclic) bond motifs is 7. The lowest BCUT2D eigenvalue weighted by Gasteiger charge is -2.66. The smallest absolute Gasteiger partial charge is 0.338 e. The fraction of sp³-hybridized carbons (Fsp3) is 0.794. The third-order valence-corrected chi connectivity index (χ3v) is 13.4. The average Bonchev–Trinajstić information content (AvgIpc) is 3.39. The van der Waals surface area contributed by atoms with Crippen molar-refractivity contribution in [3.63, 3.8) is 0 Å². The van der Waals surface area contributed by atoms with Crippen molar-refractivity contribution in [2.24, 2.45) is 46.3 Å².